The fraction of sp³-hybridized carbons (Fsp3) is 1.00. The molecule has 2 rings (SSSR count). The zero-order chi connectivity index (χ0) is 13.5. The summed E-state index contributed by atoms with van der Waals surface area (Å²) in [5.41, 5.74) is 0. The second-order valence-corrected chi connectivity index (χ2v) is 6.13. The quantitative estimate of drug-likeness (QED) is 0.636. The summed E-state index contributed by atoms with van der Waals surface area (Å²) in [5, 5.41) is 3.52. The van der Waals surface area contributed by atoms with Gasteiger partial charge in [-0.3, -0.25) is 9.80 Å². The Balaban J connectivity index is 1.39. The lowest BCUT2D eigenvalue weighted by atomic mass is 10.3. The number of piperazine rings is 1. The zero-order valence-electron chi connectivity index (χ0n) is 12.7. The minimum absolute atomic E-state index is 0.364. The van der Waals surface area contributed by atoms with Crippen LogP contribution in [-0.2, 0) is 4.74 Å². The summed E-state index contributed by atoms with van der Waals surface area (Å²) in [6.07, 6.45) is 4.37. The number of ether oxygens (including phenoxy) is 1. The Kier molecular flexibility index (Phi) is 6.57. The summed E-state index contributed by atoms with van der Waals surface area (Å²) in [4.78, 5) is 5.27. The maximum atomic E-state index is 5.52. The molecule has 1 N–H and O–H groups in total. The maximum Gasteiger partial charge on any atom is 0.0518 e. The molecule has 1 heterocycles. The van der Waals surface area contributed by atoms with E-state index in [1.54, 1.807) is 0 Å². The van der Waals surface area contributed by atoms with Crippen LogP contribution in [0.2, 0.25) is 0 Å². The van der Waals surface area contributed by atoms with Gasteiger partial charge in [0, 0.05) is 51.9 Å². The van der Waals surface area contributed by atoms with Crippen LogP contribution in [0.4, 0.5) is 0 Å². The first-order chi connectivity index (χ1) is 9.25. The standard InChI is InChI=1S/C15H31N3O/c1-14(2)19-13-3-6-16-7-8-17-9-11-18(12-10-17)15-4-5-15/h14-16H,3-13H2,1-2H3. The van der Waals surface area contributed by atoms with E-state index in [9.17, 15) is 0 Å². The molecule has 4 heteroatoms. The second kappa shape index (κ2) is 8.20. The highest BCUT2D eigenvalue weighted by molar-refractivity contribution is 4.87. The van der Waals surface area contributed by atoms with Gasteiger partial charge in [-0.15, -0.1) is 0 Å². The minimum Gasteiger partial charge on any atom is -0.379 e. The van der Waals surface area contributed by atoms with Crippen LogP contribution in [0.5, 0.6) is 0 Å². The Morgan fingerprint density at radius 2 is 1.84 bits per heavy atom. The lowest BCUT2D eigenvalue weighted by Crippen LogP contribution is -2.48. The van der Waals surface area contributed by atoms with Gasteiger partial charge in [-0.25, -0.2) is 0 Å². The van der Waals surface area contributed by atoms with Crippen LogP contribution in [0.1, 0.15) is 33.1 Å². The molecule has 2 aliphatic rings. The number of hydrogen-bond acceptors (Lipinski definition) is 4. The molecule has 0 atom stereocenters. The van der Waals surface area contributed by atoms with Crippen molar-refractivity contribution in [3.05, 3.63) is 0 Å². The van der Waals surface area contributed by atoms with Crippen LogP contribution in [0.3, 0.4) is 0 Å². The molecule has 0 amide bonds. The first-order valence-corrected chi connectivity index (χ1v) is 8.04. The first-order valence-electron chi connectivity index (χ1n) is 8.04. The summed E-state index contributed by atoms with van der Waals surface area (Å²) in [6.45, 7) is 13.5. The summed E-state index contributed by atoms with van der Waals surface area (Å²) >= 11 is 0. The fourth-order valence-corrected chi connectivity index (χ4v) is 2.67. The number of nitrogens with zero attached hydrogens (tertiary/aromatic N) is 2. The smallest absolute Gasteiger partial charge is 0.0518 e. The van der Waals surface area contributed by atoms with Gasteiger partial charge < -0.3 is 10.1 Å². The number of rotatable bonds is 9. The van der Waals surface area contributed by atoms with E-state index >= 15 is 0 Å². The molecule has 19 heavy (non-hydrogen) atoms. The van der Waals surface area contributed by atoms with Crippen molar-refractivity contribution in [2.45, 2.75) is 45.3 Å². The van der Waals surface area contributed by atoms with E-state index in [-0.39, 0.29) is 0 Å². The average molecular weight is 269 g/mol. The summed E-state index contributed by atoms with van der Waals surface area (Å²) in [7, 11) is 0. The normalized spacial score (nSPS) is 22.3. The van der Waals surface area contributed by atoms with Gasteiger partial charge in [-0.2, -0.15) is 0 Å². The summed E-state index contributed by atoms with van der Waals surface area (Å²) in [5.74, 6) is 0. The predicted molar refractivity (Wildman–Crippen MR) is 79.6 cm³/mol. The van der Waals surface area contributed by atoms with E-state index < -0.39 is 0 Å². The molecule has 1 aliphatic heterocycles. The third kappa shape index (κ3) is 6.21. The molecular weight excluding hydrogens is 238 g/mol. The Hall–Kier alpha value is -0.160. The lowest BCUT2D eigenvalue weighted by Gasteiger charge is -2.34. The van der Waals surface area contributed by atoms with Crippen molar-refractivity contribution in [1.82, 2.24) is 15.1 Å². The predicted octanol–water partition coefficient (Wildman–Crippen LogP) is 1.17. The number of nitrogens with one attached hydrogen (secondary N) is 1. The third-order valence-corrected chi connectivity index (χ3v) is 4.02. The SMILES string of the molecule is CC(C)OCCCNCCN1CCN(C2CC2)CC1. The molecule has 0 unspecified atom stereocenters. The van der Waals surface area contributed by atoms with Crippen molar-refractivity contribution < 1.29 is 4.74 Å². The third-order valence-electron chi connectivity index (χ3n) is 4.02. The highest BCUT2D eigenvalue weighted by Crippen LogP contribution is 2.27. The highest BCUT2D eigenvalue weighted by Gasteiger charge is 2.30. The second-order valence-electron chi connectivity index (χ2n) is 6.13. The van der Waals surface area contributed by atoms with Gasteiger partial charge in [-0.05, 0) is 39.7 Å². The molecule has 4 nitrogen and oxygen atoms in total. The molecule has 0 aromatic rings. The number of hydrogen-bond donors (Lipinski definition) is 1. The molecule has 0 radical (unpaired) electrons. The fourth-order valence-electron chi connectivity index (χ4n) is 2.67. The molecule has 1 saturated heterocycles. The van der Waals surface area contributed by atoms with Crippen molar-refractivity contribution >= 4 is 0 Å². The van der Waals surface area contributed by atoms with E-state index in [1.165, 1.54) is 45.6 Å². The largest absolute Gasteiger partial charge is 0.379 e. The van der Waals surface area contributed by atoms with E-state index in [4.69, 9.17) is 4.74 Å². The van der Waals surface area contributed by atoms with Crippen LogP contribution in [0.15, 0.2) is 0 Å². The minimum atomic E-state index is 0.364. The van der Waals surface area contributed by atoms with Gasteiger partial charge in [0.1, 0.15) is 0 Å². The summed E-state index contributed by atoms with van der Waals surface area (Å²) < 4.78 is 5.52. The Bertz CT molecular complexity index is 236. The van der Waals surface area contributed by atoms with Crippen molar-refractivity contribution in [3.63, 3.8) is 0 Å². The van der Waals surface area contributed by atoms with E-state index in [0.717, 1.165) is 32.2 Å². The molecular formula is C15H31N3O. The van der Waals surface area contributed by atoms with Crippen LogP contribution < -0.4 is 5.32 Å². The van der Waals surface area contributed by atoms with Crippen LogP contribution in [0, 0.1) is 0 Å². The molecule has 0 bridgehead atoms. The summed E-state index contributed by atoms with van der Waals surface area (Å²) in [6, 6.07) is 0.946. The van der Waals surface area contributed by atoms with Crippen LogP contribution in [-0.4, -0.2) is 74.4 Å². The van der Waals surface area contributed by atoms with Gasteiger partial charge in [0.2, 0.25) is 0 Å². The van der Waals surface area contributed by atoms with Gasteiger partial charge in [-0.1, -0.05) is 0 Å². The topological polar surface area (TPSA) is 27.7 Å². The van der Waals surface area contributed by atoms with E-state index in [2.05, 4.69) is 29.0 Å². The van der Waals surface area contributed by atoms with Gasteiger partial charge in [0.15, 0.2) is 0 Å². The molecule has 1 aliphatic carbocycles. The van der Waals surface area contributed by atoms with Gasteiger partial charge in [0.25, 0.3) is 0 Å². The maximum absolute atomic E-state index is 5.52. The van der Waals surface area contributed by atoms with E-state index in [1.807, 2.05) is 0 Å². The molecule has 1 saturated carbocycles. The highest BCUT2D eigenvalue weighted by atomic mass is 16.5. The molecule has 2 fully saturated rings. The van der Waals surface area contributed by atoms with Gasteiger partial charge >= 0.3 is 0 Å². The Morgan fingerprint density at radius 3 is 2.47 bits per heavy atom. The van der Waals surface area contributed by atoms with Gasteiger partial charge in [0.05, 0.1) is 6.10 Å². The molecule has 0 aromatic carbocycles. The van der Waals surface area contributed by atoms with Crippen LogP contribution in [0.25, 0.3) is 0 Å². The van der Waals surface area contributed by atoms with Crippen molar-refractivity contribution in [2.75, 3.05) is 52.4 Å². The monoisotopic (exact) mass is 269 g/mol. The Morgan fingerprint density at radius 1 is 1.11 bits per heavy atom. The molecule has 0 spiro atoms. The molecule has 112 valence electrons. The Labute approximate surface area is 118 Å². The van der Waals surface area contributed by atoms with Crippen molar-refractivity contribution in [1.29, 1.82) is 0 Å². The zero-order valence-corrected chi connectivity index (χ0v) is 12.7. The van der Waals surface area contributed by atoms with E-state index in [0.29, 0.717) is 6.10 Å². The molecule has 0 aromatic heterocycles. The lowest BCUT2D eigenvalue weighted by molar-refractivity contribution is 0.0768. The van der Waals surface area contributed by atoms with Crippen LogP contribution >= 0.6 is 0 Å². The van der Waals surface area contributed by atoms with Crippen molar-refractivity contribution in [2.24, 2.45) is 0 Å². The first kappa shape index (κ1) is 15.2. The average Bonchev–Trinajstić information content (AvgIpc) is 3.22. The van der Waals surface area contributed by atoms with Crippen molar-refractivity contribution in [3.8, 4) is 0 Å².